The van der Waals surface area contributed by atoms with Crippen molar-refractivity contribution < 1.29 is 0 Å². The van der Waals surface area contributed by atoms with Crippen LogP contribution in [-0.4, -0.2) is 14.5 Å². The average Bonchev–Trinajstić information content (AvgIpc) is 2.67. The van der Waals surface area contributed by atoms with E-state index in [-0.39, 0.29) is 0 Å². The Morgan fingerprint density at radius 3 is 3.07 bits per heavy atom. The predicted octanol–water partition coefficient (Wildman–Crippen LogP) is 2.78. The largest absolute Gasteiger partial charge is 0.327 e. The maximum absolute atomic E-state index is 6.07. The summed E-state index contributed by atoms with van der Waals surface area (Å²) in [6.07, 6.45) is 8.81. The van der Waals surface area contributed by atoms with Crippen LogP contribution in [0.4, 0.5) is 0 Å². The van der Waals surface area contributed by atoms with Gasteiger partial charge in [-0.3, -0.25) is 4.98 Å². The number of halogens is 1. The molecular weight excluding hydrogens is 210 g/mol. The van der Waals surface area contributed by atoms with Gasteiger partial charge in [-0.1, -0.05) is 17.7 Å². The molecule has 15 heavy (non-hydrogen) atoms. The summed E-state index contributed by atoms with van der Waals surface area (Å²) in [5.74, 6) is 0.813. The Labute approximate surface area is 93.1 Å². The van der Waals surface area contributed by atoms with E-state index in [0.29, 0.717) is 11.6 Å². The van der Waals surface area contributed by atoms with Crippen LogP contribution in [0.3, 0.4) is 0 Å². The van der Waals surface area contributed by atoms with Gasteiger partial charge in [-0.25, -0.2) is 4.98 Å². The zero-order valence-corrected chi connectivity index (χ0v) is 8.85. The Morgan fingerprint density at radius 2 is 2.33 bits per heavy atom. The van der Waals surface area contributed by atoms with Crippen molar-refractivity contribution in [2.24, 2.45) is 0 Å². The summed E-state index contributed by atoms with van der Waals surface area (Å²) < 4.78 is 1.97. The minimum absolute atomic E-state index is 0.654. The molecule has 4 heteroatoms. The molecule has 2 rings (SSSR count). The summed E-state index contributed by atoms with van der Waals surface area (Å²) in [7, 11) is 0. The van der Waals surface area contributed by atoms with Crippen LogP contribution in [0.5, 0.6) is 0 Å². The Bertz CT molecular complexity index is 476. The highest BCUT2D eigenvalue weighted by Crippen LogP contribution is 2.24. The van der Waals surface area contributed by atoms with Crippen molar-refractivity contribution in [1.29, 1.82) is 0 Å². The smallest absolute Gasteiger partial charge is 0.143 e. The van der Waals surface area contributed by atoms with Crippen molar-refractivity contribution in [3.63, 3.8) is 0 Å². The highest BCUT2D eigenvalue weighted by atomic mass is 35.5. The summed E-state index contributed by atoms with van der Waals surface area (Å²) in [5, 5.41) is 0.654. The molecule has 0 amide bonds. The first kappa shape index (κ1) is 9.93. The summed E-state index contributed by atoms with van der Waals surface area (Å²) in [6.45, 7) is 4.40. The number of aromatic nitrogens is 3. The third-order valence-corrected chi connectivity index (χ3v) is 2.38. The number of rotatable bonds is 3. The van der Waals surface area contributed by atoms with Crippen molar-refractivity contribution >= 4 is 11.6 Å². The van der Waals surface area contributed by atoms with Crippen LogP contribution in [0.25, 0.3) is 11.4 Å². The molecule has 0 aliphatic carbocycles. The minimum atomic E-state index is 0.654. The minimum Gasteiger partial charge on any atom is -0.327 e. The first-order chi connectivity index (χ1) is 7.33. The van der Waals surface area contributed by atoms with Crippen LogP contribution in [0.15, 0.2) is 43.5 Å². The van der Waals surface area contributed by atoms with E-state index in [1.54, 1.807) is 24.7 Å². The van der Waals surface area contributed by atoms with Crippen molar-refractivity contribution in [2.45, 2.75) is 6.54 Å². The Kier molecular flexibility index (Phi) is 2.83. The maximum Gasteiger partial charge on any atom is 0.143 e. The van der Waals surface area contributed by atoms with Crippen LogP contribution in [-0.2, 0) is 6.54 Å². The lowest BCUT2D eigenvalue weighted by Gasteiger charge is -2.05. The van der Waals surface area contributed by atoms with Crippen LogP contribution < -0.4 is 0 Å². The third-order valence-electron chi connectivity index (χ3n) is 2.05. The Hall–Kier alpha value is -1.61. The summed E-state index contributed by atoms with van der Waals surface area (Å²) in [6, 6.07) is 1.75. The molecule has 0 aliphatic heterocycles. The van der Waals surface area contributed by atoms with Crippen LogP contribution in [0, 0.1) is 0 Å². The molecule has 0 aromatic carbocycles. The number of hydrogen-bond donors (Lipinski definition) is 0. The van der Waals surface area contributed by atoms with Crippen LogP contribution >= 0.6 is 11.6 Å². The molecule has 0 unspecified atom stereocenters. The summed E-state index contributed by atoms with van der Waals surface area (Å²) in [5.41, 5.74) is 0.839. The molecule has 0 spiro atoms. The quantitative estimate of drug-likeness (QED) is 0.744. The second kappa shape index (κ2) is 4.28. The van der Waals surface area contributed by atoms with Gasteiger partial charge in [0.15, 0.2) is 0 Å². The molecule has 0 atom stereocenters. The van der Waals surface area contributed by atoms with Gasteiger partial charge in [0.2, 0.25) is 0 Å². The van der Waals surface area contributed by atoms with Gasteiger partial charge in [-0.05, 0) is 6.07 Å². The molecule has 3 nitrogen and oxygen atoms in total. The van der Waals surface area contributed by atoms with Crippen molar-refractivity contribution in [3.8, 4) is 11.4 Å². The molecule has 0 aliphatic rings. The van der Waals surface area contributed by atoms with Gasteiger partial charge in [-0.15, -0.1) is 6.58 Å². The van der Waals surface area contributed by atoms with Gasteiger partial charge in [0.05, 0.1) is 10.6 Å². The number of nitrogens with zero attached hydrogens (tertiary/aromatic N) is 3. The fraction of sp³-hybridized carbons (Fsp3) is 0.0909. The summed E-state index contributed by atoms with van der Waals surface area (Å²) >= 11 is 6.07. The van der Waals surface area contributed by atoms with E-state index in [1.807, 2.05) is 16.8 Å². The van der Waals surface area contributed by atoms with E-state index < -0.39 is 0 Å². The van der Waals surface area contributed by atoms with Crippen molar-refractivity contribution in [2.75, 3.05) is 0 Å². The van der Waals surface area contributed by atoms with Crippen molar-refractivity contribution in [1.82, 2.24) is 14.5 Å². The SMILES string of the molecule is C=CCn1ccnc1-c1cnccc1Cl. The van der Waals surface area contributed by atoms with Gasteiger partial charge in [0.1, 0.15) is 5.82 Å². The summed E-state index contributed by atoms with van der Waals surface area (Å²) in [4.78, 5) is 8.30. The molecule has 0 bridgehead atoms. The highest BCUT2D eigenvalue weighted by Gasteiger charge is 2.08. The van der Waals surface area contributed by atoms with Gasteiger partial charge < -0.3 is 4.57 Å². The number of imidazole rings is 1. The fourth-order valence-electron chi connectivity index (χ4n) is 1.38. The lowest BCUT2D eigenvalue weighted by molar-refractivity contribution is 0.831. The van der Waals surface area contributed by atoms with Crippen LogP contribution in [0.1, 0.15) is 0 Å². The molecule has 0 radical (unpaired) electrons. The molecule has 0 saturated heterocycles. The fourth-order valence-corrected chi connectivity index (χ4v) is 1.57. The number of allylic oxidation sites excluding steroid dienone is 1. The second-order valence-corrected chi connectivity index (χ2v) is 3.45. The Morgan fingerprint density at radius 1 is 1.47 bits per heavy atom. The molecule has 0 N–H and O–H groups in total. The van der Waals surface area contributed by atoms with E-state index in [1.165, 1.54) is 0 Å². The number of hydrogen-bond acceptors (Lipinski definition) is 2. The van der Waals surface area contributed by atoms with Gasteiger partial charge in [0, 0.05) is 31.3 Å². The lowest BCUT2D eigenvalue weighted by Crippen LogP contribution is -1.97. The maximum atomic E-state index is 6.07. The first-order valence-corrected chi connectivity index (χ1v) is 4.92. The van der Waals surface area contributed by atoms with Gasteiger partial charge >= 0.3 is 0 Å². The van der Waals surface area contributed by atoms with Gasteiger partial charge in [0.25, 0.3) is 0 Å². The van der Waals surface area contributed by atoms with Crippen molar-refractivity contribution in [3.05, 3.63) is 48.5 Å². The first-order valence-electron chi connectivity index (χ1n) is 4.55. The highest BCUT2D eigenvalue weighted by molar-refractivity contribution is 6.33. The zero-order chi connectivity index (χ0) is 10.7. The van der Waals surface area contributed by atoms with E-state index in [9.17, 15) is 0 Å². The molecule has 0 saturated carbocycles. The van der Waals surface area contributed by atoms with Crippen LogP contribution in [0.2, 0.25) is 5.02 Å². The molecule has 0 fully saturated rings. The van der Waals surface area contributed by atoms with E-state index in [0.717, 1.165) is 11.4 Å². The lowest BCUT2D eigenvalue weighted by atomic mass is 10.2. The average molecular weight is 220 g/mol. The molecule has 2 aromatic rings. The van der Waals surface area contributed by atoms with E-state index in [2.05, 4.69) is 16.5 Å². The second-order valence-electron chi connectivity index (χ2n) is 3.05. The van der Waals surface area contributed by atoms with E-state index >= 15 is 0 Å². The standard InChI is InChI=1S/C11H10ClN3/c1-2-6-15-7-5-14-11(15)9-8-13-4-3-10(9)12/h2-5,7-8H,1,6H2. The van der Waals surface area contributed by atoms with Gasteiger partial charge in [-0.2, -0.15) is 0 Å². The molecule has 2 aromatic heterocycles. The topological polar surface area (TPSA) is 30.7 Å². The predicted molar refractivity (Wildman–Crippen MR) is 60.7 cm³/mol. The Balaban J connectivity index is 2.49. The molecular formula is C11H10ClN3. The number of pyridine rings is 1. The monoisotopic (exact) mass is 219 g/mol. The van der Waals surface area contributed by atoms with E-state index in [4.69, 9.17) is 11.6 Å². The molecule has 76 valence electrons. The normalized spacial score (nSPS) is 10.2. The zero-order valence-electron chi connectivity index (χ0n) is 8.10. The third kappa shape index (κ3) is 1.92. The molecule has 2 heterocycles.